The third kappa shape index (κ3) is 4.67. The van der Waals surface area contributed by atoms with Crippen LogP contribution in [0.15, 0.2) is 0 Å². The zero-order chi connectivity index (χ0) is 13.5. The van der Waals surface area contributed by atoms with E-state index in [4.69, 9.17) is 5.11 Å². The number of hydrogen-bond donors (Lipinski definition) is 2. The second-order valence-electron chi connectivity index (χ2n) is 5.61. The van der Waals surface area contributed by atoms with E-state index in [-0.39, 0.29) is 17.7 Å². The van der Waals surface area contributed by atoms with Gasteiger partial charge in [0, 0.05) is 5.92 Å². The molecule has 0 aromatic rings. The maximum Gasteiger partial charge on any atom is 0.326 e. The number of carboxylic acid groups (broad SMARTS) is 1. The minimum absolute atomic E-state index is 0.00546. The lowest BCUT2D eigenvalue weighted by molar-refractivity contribution is -0.143. The first-order valence-electron chi connectivity index (χ1n) is 7.05. The quantitative estimate of drug-likeness (QED) is 0.811. The van der Waals surface area contributed by atoms with Gasteiger partial charge in [-0.2, -0.15) is 0 Å². The molecule has 1 atom stereocenters. The van der Waals surface area contributed by atoms with Crippen molar-refractivity contribution in [1.29, 1.82) is 0 Å². The number of carbonyl (C=O) groups is 2. The van der Waals surface area contributed by atoms with E-state index in [9.17, 15) is 9.59 Å². The van der Waals surface area contributed by atoms with Crippen LogP contribution in [0.4, 0.5) is 0 Å². The fourth-order valence-corrected chi connectivity index (χ4v) is 2.50. The van der Waals surface area contributed by atoms with Gasteiger partial charge in [0.1, 0.15) is 6.04 Å². The zero-order valence-corrected chi connectivity index (χ0v) is 11.4. The molecule has 0 unspecified atom stereocenters. The molecule has 1 aliphatic carbocycles. The van der Waals surface area contributed by atoms with Crippen molar-refractivity contribution in [3.63, 3.8) is 0 Å². The van der Waals surface area contributed by atoms with Gasteiger partial charge in [-0.3, -0.25) is 4.79 Å². The van der Waals surface area contributed by atoms with Crippen LogP contribution < -0.4 is 5.32 Å². The molecule has 1 fully saturated rings. The number of hydrogen-bond acceptors (Lipinski definition) is 2. The molecule has 0 heterocycles. The van der Waals surface area contributed by atoms with E-state index in [0.717, 1.165) is 25.7 Å². The van der Waals surface area contributed by atoms with E-state index in [1.165, 1.54) is 19.3 Å². The number of carbonyl (C=O) groups excluding carboxylic acids is 1. The van der Waals surface area contributed by atoms with Crippen molar-refractivity contribution in [2.45, 2.75) is 64.8 Å². The lowest BCUT2D eigenvalue weighted by Crippen LogP contribution is -2.46. The van der Waals surface area contributed by atoms with Gasteiger partial charge >= 0.3 is 5.97 Å². The molecule has 0 bridgehead atoms. The van der Waals surface area contributed by atoms with Crippen LogP contribution in [0.2, 0.25) is 0 Å². The first-order chi connectivity index (χ1) is 8.52. The predicted molar refractivity (Wildman–Crippen MR) is 70.2 cm³/mol. The zero-order valence-electron chi connectivity index (χ0n) is 11.4. The molecule has 2 N–H and O–H groups in total. The third-order valence-electron chi connectivity index (χ3n) is 3.71. The van der Waals surface area contributed by atoms with Crippen molar-refractivity contribution in [3.8, 4) is 0 Å². The average molecular weight is 255 g/mol. The van der Waals surface area contributed by atoms with Crippen molar-refractivity contribution < 1.29 is 14.7 Å². The average Bonchev–Trinajstić information content (AvgIpc) is 2.24. The van der Waals surface area contributed by atoms with E-state index in [0.29, 0.717) is 0 Å². The lowest BCUT2D eigenvalue weighted by atomic mass is 9.90. The second kappa shape index (κ2) is 7.39. The first-order valence-corrected chi connectivity index (χ1v) is 7.05. The van der Waals surface area contributed by atoms with E-state index in [2.05, 4.69) is 5.32 Å². The van der Waals surface area contributed by atoms with Gasteiger partial charge in [-0.15, -0.1) is 0 Å². The lowest BCUT2D eigenvalue weighted by Gasteiger charge is -2.23. The van der Waals surface area contributed by atoms with Gasteiger partial charge in [-0.05, 0) is 18.8 Å². The Morgan fingerprint density at radius 2 is 1.56 bits per heavy atom. The maximum atomic E-state index is 12.1. The maximum absolute atomic E-state index is 12.1. The Labute approximate surface area is 109 Å². The molecule has 1 amide bonds. The Bertz CT molecular complexity index is 281. The first kappa shape index (κ1) is 15.0. The Kier molecular flexibility index (Phi) is 6.16. The molecule has 1 aliphatic rings. The highest BCUT2D eigenvalue weighted by molar-refractivity contribution is 5.85. The highest BCUT2D eigenvalue weighted by Crippen LogP contribution is 2.22. The van der Waals surface area contributed by atoms with Gasteiger partial charge in [0.15, 0.2) is 0 Å². The third-order valence-corrected chi connectivity index (χ3v) is 3.71. The van der Waals surface area contributed by atoms with Gasteiger partial charge in [-0.1, -0.05) is 46.0 Å². The Morgan fingerprint density at radius 1 is 1.06 bits per heavy atom. The van der Waals surface area contributed by atoms with Crippen LogP contribution in [0, 0.1) is 11.8 Å². The summed E-state index contributed by atoms with van der Waals surface area (Å²) in [6.45, 7) is 3.63. The topological polar surface area (TPSA) is 66.4 Å². The van der Waals surface area contributed by atoms with Crippen LogP contribution in [0.3, 0.4) is 0 Å². The second-order valence-corrected chi connectivity index (χ2v) is 5.61. The number of carboxylic acids is 1. The fraction of sp³-hybridized carbons (Fsp3) is 0.857. The summed E-state index contributed by atoms with van der Waals surface area (Å²) in [4.78, 5) is 23.2. The molecule has 0 radical (unpaired) electrons. The van der Waals surface area contributed by atoms with Crippen LogP contribution in [0.25, 0.3) is 0 Å². The molecule has 4 heteroatoms. The van der Waals surface area contributed by atoms with Crippen LogP contribution in [0.1, 0.15) is 58.8 Å². The van der Waals surface area contributed by atoms with E-state index in [1.54, 1.807) is 0 Å². The number of rotatable bonds is 4. The molecule has 18 heavy (non-hydrogen) atoms. The van der Waals surface area contributed by atoms with Crippen LogP contribution >= 0.6 is 0 Å². The smallest absolute Gasteiger partial charge is 0.326 e. The highest BCUT2D eigenvalue weighted by atomic mass is 16.4. The summed E-state index contributed by atoms with van der Waals surface area (Å²) in [5.74, 6) is -1.09. The van der Waals surface area contributed by atoms with Crippen LogP contribution in [-0.4, -0.2) is 23.0 Å². The highest BCUT2D eigenvalue weighted by Gasteiger charge is 2.27. The van der Waals surface area contributed by atoms with E-state index in [1.807, 2.05) is 13.8 Å². The molecule has 0 aromatic carbocycles. The minimum atomic E-state index is -0.941. The molecule has 0 aliphatic heterocycles. The van der Waals surface area contributed by atoms with Crippen molar-refractivity contribution in [2.75, 3.05) is 0 Å². The normalized spacial score (nSPS) is 19.9. The molecular formula is C14H25NO3. The monoisotopic (exact) mass is 255 g/mol. The summed E-state index contributed by atoms with van der Waals surface area (Å²) in [5, 5.41) is 11.8. The Hall–Kier alpha value is -1.06. The number of amides is 1. The summed E-state index contributed by atoms with van der Waals surface area (Å²) in [5.41, 5.74) is 0. The van der Waals surface area contributed by atoms with Crippen LogP contribution in [0.5, 0.6) is 0 Å². The SMILES string of the molecule is CC(C)[C@H](NC(=O)C1CCCCCCC1)C(=O)O. The van der Waals surface area contributed by atoms with Gasteiger partial charge in [0.05, 0.1) is 0 Å². The largest absolute Gasteiger partial charge is 0.480 e. The molecule has 4 nitrogen and oxygen atoms in total. The molecule has 104 valence electrons. The van der Waals surface area contributed by atoms with Crippen molar-refractivity contribution in [2.24, 2.45) is 11.8 Å². The summed E-state index contributed by atoms with van der Waals surface area (Å²) in [6.07, 6.45) is 7.60. The molecule has 1 rings (SSSR count). The molecular weight excluding hydrogens is 230 g/mol. The minimum Gasteiger partial charge on any atom is -0.480 e. The van der Waals surface area contributed by atoms with Crippen molar-refractivity contribution >= 4 is 11.9 Å². The summed E-state index contributed by atoms with van der Waals surface area (Å²) in [6, 6.07) is -0.761. The Balaban J connectivity index is 2.53. The van der Waals surface area contributed by atoms with Crippen LogP contribution in [-0.2, 0) is 9.59 Å². The molecule has 0 spiro atoms. The van der Waals surface area contributed by atoms with E-state index < -0.39 is 12.0 Å². The number of nitrogens with one attached hydrogen (secondary N) is 1. The molecule has 0 saturated heterocycles. The summed E-state index contributed by atoms with van der Waals surface area (Å²) in [7, 11) is 0. The standard InChI is InChI=1S/C14H25NO3/c1-10(2)12(14(17)18)15-13(16)11-8-6-4-3-5-7-9-11/h10-12H,3-9H2,1-2H3,(H,15,16)(H,17,18)/t12-/m0/s1. The summed E-state index contributed by atoms with van der Waals surface area (Å²) >= 11 is 0. The molecule has 0 aromatic heterocycles. The number of aliphatic carboxylic acids is 1. The van der Waals surface area contributed by atoms with Gasteiger partial charge < -0.3 is 10.4 Å². The molecule has 1 saturated carbocycles. The van der Waals surface area contributed by atoms with Crippen molar-refractivity contribution in [1.82, 2.24) is 5.32 Å². The van der Waals surface area contributed by atoms with Crippen molar-refractivity contribution in [3.05, 3.63) is 0 Å². The van der Waals surface area contributed by atoms with E-state index >= 15 is 0 Å². The predicted octanol–water partition coefficient (Wildman–Crippen LogP) is 2.57. The van der Waals surface area contributed by atoms with Gasteiger partial charge in [-0.25, -0.2) is 4.79 Å². The fourth-order valence-electron chi connectivity index (χ4n) is 2.50. The Morgan fingerprint density at radius 3 is 2.00 bits per heavy atom. The summed E-state index contributed by atoms with van der Waals surface area (Å²) < 4.78 is 0. The van der Waals surface area contributed by atoms with Gasteiger partial charge in [0.2, 0.25) is 5.91 Å². The van der Waals surface area contributed by atoms with Gasteiger partial charge in [0.25, 0.3) is 0 Å².